The van der Waals surface area contributed by atoms with E-state index in [2.05, 4.69) is 25.3 Å². The van der Waals surface area contributed by atoms with Crippen LogP contribution in [0.5, 0.6) is 5.88 Å². The van der Waals surface area contributed by atoms with Crippen molar-refractivity contribution in [3.05, 3.63) is 65.6 Å². The van der Waals surface area contributed by atoms with E-state index in [4.69, 9.17) is 0 Å². The maximum atomic E-state index is 13.1. The number of hydrogen-bond acceptors (Lipinski definition) is 5. The maximum Gasteiger partial charge on any atom is 0.422 e. The lowest BCUT2D eigenvalue weighted by Gasteiger charge is -2.11. The molecule has 0 aliphatic carbocycles. The standard InChI is InChI=1S/C18H13F6N5O2/c19-17(20,21)10-31-15-6-5-11(7-25-15)8-26-16(30)13-9-29(28-27-13)14-4-2-1-3-12(14)18(22,23)24/h1-7,9H,8,10H2,(H,26,30). The third-order valence-corrected chi connectivity index (χ3v) is 3.82. The Hall–Kier alpha value is -3.64. The third-order valence-electron chi connectivity index (χ3n) is 3.82. The van der Waals surface area contributed by atoms with Gasteiger partial charge in [0.2, 0.25) is 5.88 Å². The summed E-state index contributed by atoms with van der Waals surface area (Å²) in [7, 11) is 0. The van der Waals surface area contributed by atoms with E-state index in [-0.39, 0.29) is 23.8 Å². The Morgan fingerprint density at radius 2 is 1.81 bits per heavy atom. The lowest BCUT2D eigenvalue weighted by molar-refractivity contribution is -0.154. The van der Waals surface area contributed by atoms with Crippen LogP contribution in [-0.2, 0) is 12.7 Å². The van der Waals surface area contributed by atoms with Crippen LogP contribution in [0.15, 0.2) is 48.8 Å². The number of carbonyl (C=O) groups excluding carboxylic acids is 1. The molecular formula is C18H13F6N5O2. The minimum Gasteiger partial charge on any atom is -0.468 e. The van der Waals surface area contributed by atoms with E-state index < -0.39 is 30.4 Å². The van der Waals surface area contributed by atoms with Crippen LogP contribution in [0, 0.1) is 0 Å². The summed E-state index contributed by atoms with van der Waals surface area (Å²) < 4.78 is 81.0. The van der Waals surface area contributed by atoms with E-state index in [9.17, 15) is 31.1 Å². The van der Waals surface area contributed by atoms with Crippen molar-refractivity contribution in [2.75, 3.05) is 6.61 Å². The Morgan fingerprint density at radius 1 is 1.06 bits per heavy atom. The second-order valence-electron chi connectivity index (χ2n) is 6.15. The number of pyridine rings is 1. The second-order valence-corrected chi connectivity index (χ2v) is 6.15. The van der Waals surface area contributed by atoms with Gasteiger partial charge in [-0.1, -0.05) is 23.4 Å². The molecule has 0 aliphatic heterocycles. The quantitative estimate of drug-likeness (QED) is 0.587. The first kappa shape index (κ1) is 22.1. The number of para-hydroxylation sites is 1. The summed E-state index contributed by atoms with van der Waals surface area (Å²) in [6.45, 7) is -1.54. The van der Waals surface area contributed by atoms with Crippen molar-refractivity contribution in [1.82, 2.24) is 25.3 Å². The van der Waals surface area contributed by atoms with Gasteiger partial charge in [0.05, 0.1) is 17.4 Å². The van der Waals surface area contributed by atoms with Gasteiger partial charge in [-0.05, 0) is 17.7 Å². The van der Waals surface area contributed by atoms with Crippen molar-refractivity contribution in [1.29, 1.82) is 0 Å². The highest BCUT2D eigenvalue weighted by Crippen LogP contribution is 2.33. The van der Waals surface area contributed by atoms with E-state index in [1.165, 1.54) is 36.5 Å². The summed E-state index contributed by atoms with van der Waals surface area (Å²) in [5, 5.41) is 9.62. The minimum atomic E-state index is -4.62. The second kappa shape index (κ2) is 8.62. The molecule has 7 nitrogen and oxygen atoms in total. The molecule has 1 N–H and O–H groups in total. The average molecular weight is 445 g/mol. The molecule has 0 radical (unpaired) electrons. The highest BCUT2D eigenvalue weighted by atomic mass is 19.4. The van der Waals surface area contributed by atoms with Gasteiger partial charge >= 0.3 is 12.4 Å². The highest BCUT2D eigenvalue weighted by Gasteiger charge is 2.34. The predicted octanol–water partition coefficient (Wildman–Crippen LogP) is 3.55. The van der Waals surface area contributed by atoms with Gasteiger partial charge < -0.3 is 10.1 Å². The fourth-order valence-electron chi connectivity index (χ4n) is 2.43. The molecule has 0 atom stereocenters. The predicted molar refractivity (Wildman–Crippen MR) is 93.3 cm³/mol. The van der Waals surface area contributed by atoms with Crippen LogP contribution in [0.4, 0.5) is 26.3 Å². The van der Waals surface area contributed by atoms with Crippen LogP contribution >= 0.6 is 0 Å². The zero-order chi connectivity index (χ0) is 22.6. The van der Waals surface area contributed by atoms with E-state index in [1.807, 2.05) is 0 Å². The van der Waals surface area contributed by atoms with Crippen LogP contribution in [0.3, 0.4) is 0 Å². The highest BCUT2D eigenvalue weighted by molar-refractivity contribution is 5.91. The van der Waals surface area contributed by atoms with E-state index >= 15 is 0 Å². The molecule has 164 valence electrons. The molecule has 0 aliphatic rings. The first-order valence-corrected chi connectivity index (χ1v) is 8.54. The van der Waals surface area contributed by atoms with Gasteiger partial charge in [-0.2, -0.15) is 26.3 Å². The number of alkyl halides is 6. The molecule has 1 aromatic carbocycles. The number of benzene rings is 1. The number of nitrogens with zero attached hydrogens (tertiary/aromatic N) is 4. The topological polar surface area (TPSA) is 81.9 Å². The van der Waals surface area contributed by atoms with Gasteiger partial charge in [0.25, 0.3) is 5.91 Å². The largest absolute Gasteiger partial charge is 0.468 e. The lowest BCUT2D eigenvalue weighted by Crippen LogP contribution is -2.23. The fraction of sp³-hybridized carbons (Fsp3) is 0.222. The minimum absolute atomic E-state index is 0.0582. The summed E-state index contributed by atoms with van der Waals surface area (Å²) in [4.78, 5) is 15.9. The first-order chi connectivity index (χ1) is 14.5. The molecule has 2 heterocycles. The van der Waals surface area contributed by atoms with Crippen LogP contribution in [0.1, 0.15) is 21.6 Å². The van der Waals surface area contributed by atoms with Crippen molar-refractivity contribution in [2.45, 2.75) is 18.9 Å². The Bertz CT molecular complexity index is 1050. The molecule has 0 fully saturated rings. The molecule has 13 heteroatoms. The number of rotatable bonds is 6. The van der Waals surface area contributed by atoms with Gasteiger partial charge in [0, 0.05) is 18.8 Å². The average Bonchev–Trinajstić information content (AvgIpc) is 3.20. The summed E-state index contributed by atoms with van der Waals surface area (Å²) in [6, 6.07) is 7.29. The molecule has 31 heavy (non-hydrogen) atoms. The molecule has 3 rings (SSSR count). The summed E-state index contributed by atoms with van der Waals surface area (Å²) in [5.74, 6) is -0.952. The van der Waals surface area contributed by atoms with Crippen molar-refractivity contribution >= 4 is 5.91 Å². The van der Waals surface area contributed by atoms with Crippen molar-refractivity contribution < 1.29 is 35.9 Å². The Morgan fingerprint density at radius 3 is 2.45 bits per heavy atom. The number of ether oxygens (including phenoxy) is 1. The van der Waals surface area contributed by atoms with Crippen molar-refractivity contribution in [3.63, 3.8) is 0 Å². The smallest absolute Gasteiger partial charge is 0.422 e. The number of halogens is 6. The molecule has 0 spiro atoms. The van der Waals surface area contributed by atoms with Crippen LogP contribution < -0.4 is 10.1 Å². The summed E-state index contributed by atoms with van der Waals surface area (Å²) in [5.41, 5.74) is -1.01. The molecule has 1 amide bonds. The Balaban J connectivity index is 1.62. The molecule has 0 saturated carbocycles. The monoisotopic (exact) mass is 445 g/mol. The van der Waals surface area contributed by atoms with E-state index in [0.29, 0.717) is 5.56 Å². The molecule has 2 aromatic heterocycles. The van der Waals surface area contributed by atoms with Gasteiger partial charge in [0.15, 0.2) is 12.3 Å². The third kappa shape index (κ3) is 5.93. The van der Waals surface area contributed by atoms with Gasteiger partial charge in [0.1, 0.15) is 0 Å². The normalized spacial score (nSPS) is 11.9. The van der Waals surface area contributed by atoms with E-state index in [1.54, 1.807) is 0 Å². The number of carbonyl (C=O) groups is 1. The molecule has 0 bridgehead atoms. The number of aromatic nitrogens is 4. The maximum absolute atomic E-state index is 13.1. The number of amides is 1. The van der Waals surface area contributed by atoms with E-state index in [0.717, 1.165) is 16.9 Å². The molecule has 0 unspecified atom stereocenters. The molecule has 0 saturated heterocycles. The Labute approximate surface area is 170 Å². The Kier molecular flexibility index (Phi) is 6.13. The summed E-state index contributed by atoms with van der Waals surface area (Å²) in [6.07, 6.45) is -6.85. The van der Waals surface area contributed by atoms with Gasteiger partial charge in [-0.15, -0.1) is 5.10 Å². The zero-order valence-electron chi connectivity index (χ0n) is 15.4. The molecular weight excluding hydrogens is 432 g/mol. The number of hydrogen-bond donors (Lipinski definition) is 1. The zero-order valence-corrected chi connectivity index (χ0v) is 15.4. The van der Waals surface area contributed by atoms with Crippen molar-refractivity contribution in [3.8, 4) is 11.6 Å². The van der Waals surface area contributed by atoms with Gasteiger partial charge in [-0.25, -0.2) is 9.67 Å². The van der Waals surface area contributed by atoms with Gasteiger partial charge in [-0.3, -0.25) is 4.79 Å². The lowest BCUT2D eigenvalue weighted by atomic mass is 10.1. The molecule has 3 aromatic rings. The van der Waals surface area contributed by atoms with Crippen LogP contribution in [-0.4, -0.2) is 38.7 Å². The number of nitrogens with one attached hydrogen (secondary N) is 1. The van der Waals surface area contributed by atoms with Crippen LogP contribution in [0.2, 0.25) is 0 Å². The van der Waals surface area contributed by atoms with Crippen LogP contribution in [0.25, 0.3) is 5.69 Å². The summed E-state index contributed by atoms with van der Waals surface area (Å²) >= 11 is 0. The fourth-order valence-corrected chi connectivity index (χ4v) is 2.43. The SMILES string of the molecule is O=C(NCc1ccc(OCC(F)(F)F)nc1)c1cn(-c2ccccc2C(F)(F)F)nn1. The first-order valence-electron chi connectivity index (χ1n) is 8.54. The van der Waals surface area contributed by atoms with Crippen molar-refractivity contribution in [2.24, 2.45) is 0 Å².